The van der Waals surface area contributed by atoms with Crippen molar-refractivity contribution in [3.05, 3.63) is 65.2 Å². The summed E-state index contributed by atoms with van der Waals surface area (Å²) in [6, 6.07) is 10.0. The summed E-state index contributed by atoms with van der Waals surface area (Å²) in [6.07, 6.45) is -4.75. The van der Waals surface area contributed by atoms with Crippen molar-refractivity contribution in [2.45, 2.75) is 23.0 Å². The lowest BCUT2D eigenvalue weighted by Crippen LogP contribution is -2.46. The van der Waals surface area contributed by atoms with Crippen molar-refractivity contribution in [1.29, 1.82) is 0 Å². The van der Waals surface area contributed by atoms with Gasteiger partial charge in [-0.1, -0.05) is 41.9 Å². The van der Waals surface area contributed by atoms with Gasteiger partial charge in [-0.05, 0) is 29.8 Å². The summed E-state index contributed by atoms with van der Waals surface area (Å²) in [6.45, 7) is -1.02. The highest BCUT2D eigenvalue weighted by Gasteiger charge is 2.46. The first-order valence-electron chi connectivity index (χ1n) is 7.15. The zero-order valence-corrected chi connectivity index (χ0v) is 14.3. The molecular formula is C16H15ClF3NO3S. The zero-order chi connectivity index (χ0) is 18.7. The molecule has 0 aliphatic carbocycles. The number of aliphatic hydroxyl groups excluding tert-OH is 1. The molecule has 2 aromatic carbocycles. The average molecular weight is 394 g/mol. The van der Waals surface area contributed by atoms with Crippen LogP contribution in [0.1, 0.15) is 11.5 Å². The summed E-state index contributed by atoms with van der Waals surface area (Å²) >= 11 is 5.68. The van der Waals surface area contributed by atoms with Gasteiger partial charge in [0.1, 0.15) is 0 Å². The third kappa shape index (κ3) is 4.94. The van der Waals surface area contributed by atoms with Crippen molar-refractivity contribution in [1.82, 2.24) is 4.72 Å². The minimum atomic E-state index is -4.75. The number of benzene rings is 2. The summed E-state index contributed by atoms with van der Waals surface area (Å²) in [7, 11) is -4.27. The molecule has 2 N–H and O–H groups in total. The summed E-state index contributed by atoms with van der Waals surface area (Å²) in [5, 5.41) is 9.71. The number of sulfonamides is 1. The number of aliphatic hydroxyl groups is 1. The Hall–Kier alpha value is -1.61. The molecule has 9 heteroatoms. The fourth-order valence-electron chi connectivity index (χ4n) is 2.40. The van der Waals surface area contributed by atoms with E-state index in [0.29, 0.717) is 0 Å². The Labute approximate surface area is 148 Å². The van der Waals surface area contributed by atoms with Gasteiger partial charge in [-0.15, -0.1) is 0 Å². The van der Waals surface area contributed by atoms with E-state index in [2.05, 4.69) is 0 Å². The molecule has 4 nitrogen and oxygen atoms in total. The van der Waals surface area contributed by atoms with E-state index < -0.39 is 34.8 Å². The molecule has 2 aromatic rings. The molecular weight excluding hydrogens is 379 g/mol. The molecule has 0 aromatic heterocycles. The molecule has 0 aliphatic heterocycles. The highest BCUT2D eigenvalue weighted by molar-refractivity contribution is 7.89. The van der Waals surface area contributed by atoms with Gasteiger partial charge in [0, 0.05) is 5.02 Å². The fraction of sp³-hybridized carbons (Fsp3) is 0.250. The minimum Gasteiger partial charge on any atom is -0.395 e. The van der Waals surface area contributed by atoms with Crippen LogP contribution in [0.5, 0.6) is 0 Å². The molecule has 25 heavy (non-hydrogen) atoms. The van der Waals surface area contributed by atoms with Crippen LogP contribution in [0.4, 0.5) is 13.2 Å². The van der Waals surface area contributed by atoms with Crippen molar-refractivity contribution in [2.75, 3.05) is 6.61 Å². The number of alkyl halides is 3. The van der Waals surface area contributed by atoms with E-state index in [1.807, 2.05) is 4.72 Å². The predicted molar refractivity (Wildman–Crippen MR) is 87.9 cm³/mol. The third-order valence-corrected chi connectivity index (χ3v) is 5.30. The highest BCUT2D eigenvalue weighted by atomic mass is 35.5. The van der Waals surface area contributed by atoms with Crippen molar-refractivity contribution in [3.63, 3.8) is 0 Å². The number of rotatable bonds is 6. The summed E-state index contributed by atoms with van der Waals surface area (Å²) in [4.78, 5) is -0.246. The Morgan fingerprint density at radius 2 is 1.60 bits per heavy atom. The van der Waals surface area contributed by atoms with Gasteiger partial charge in [0.15, 0.2) is 0 Å². The molecule has 2 atom stereocenters. The predicted octanol–water partition coefficient (Wildman–Crippen LogP) is 3.33. The van der Waals surface area contributed by atoms with Crippen LogP contribution in [0.2, 0.25) is 5.02 Å². The second kappa shape index (κ2) is 7.74. The lowest BCUT2D eigenvalue weighted by Gasteiger charge is -2.28. The van der Waals surface area contributed by atoms with E-state index in [9.17, 15) is 26.7 Å². The zero-order valence-electron chi connectivity index (χ0n) is 12.7. The second-order valence-corrected chi connectivity index (χ2v) is 7.44. The van der Waals surface area contributed by atoms with Gasteiger partial charge in [-0.3, -0.25) is 0 Å². The Balaban J connectivity index is 2.37. The highest BCUT2D eigenvalue weighted by Crippen LogP contribution is 2.37. The van der Waals surface area contributed by atoms with Crippen LogP contribution in [0.15, 0.2) is 59.5 Å². The number of hydrogen-bond donors (Lipinski definition) is 2. The quantitative estimate of drug-likeness (QED) is 0.791. The smallest absolute Gasteiger partial charge is 0.395 e. The van der Waals surface area contributed by atoms with Crippen molar-refractivity contribution in [2.24, 2.45) is 0 Å². The van der Waals surface area contributed by atoms with Crippen LogP contribution in [-0.2, 0) is 10.0 Å². The normalized spacial score (nSPS) is 14.9. The van der Waals surface area contributed by atoms with Crippen molar-refractivity contribution < 1.29 is 26.7 Å². The molecule has 0 saturated heterocycles. The topological polar surface area (TPSA) is 66.4 Å². The fourth-order valence-corrected chi connectivity index (χ4v) is 3.77. The number of nitrogens with one attached hydrogen (secondary N) is 1. The van der Waals surface area contributed by atoms with Gasteiger partial charge in [0.05, 0.1) is 23.5 Å². The average Bonchev–Trinajstić information content (AvgIpc) is 2.54. The first kappa shape index (κ1) is 19.7. The molecule has 0 radical (unpaired) electrons. The molecule has 0 aliphatic rings. The number of hydrogen-bond acceptors (Lipinski definition) is 3. The lowest BCUT2D eigenvalue weighted by molar-refractivity contribution is -0.158. The summed E-state index contributed by atoms with van der Waals surface area (Å²) in [5.74, 6) is -2.19. The van der Waals surface area contributed by atoms with Crippen molar-refractivity contribution >= 4 is 21.6 Å². The van der Waals surface area contributed by atoms with E-state index in [1.54, 1.807) is 6.07 Å². The molecule has 0 heterocycles. The van der Waals surface area contributed by atoms with Crippen LogP contribution in [0.3, 0.4) is 0 Å². The van der Waals surface area contributed by atoms with Crippen molar-refractivity contribution in [3.8, 4) is 0 Å². The third-order valence-electron chi connectivity index (χ3n) is 3.54. The Morgan fingerprint density at radius 3 is 2.08 bits per heavy atom. The maximum atomic E-state index is 13.5. The SMILES string of the molecule is O=S(=O)(N[C@H](CO)[C@@H](c1ccccc1)C(F)(F)F)c1ccc(Cl)cc1. The molecule has 0 fully saturated rings. The Kier molecular flexibility index (Phi) is 6.10. The second-order valence-electron chi connectivity index (χ2n) is 5.29. The first-order valence-corrected chi connectivity index (χ1v) is 9.01. The lowest BCUT2D eigenvalue weighted by atomic mass is 9.92. The van der Waals surface area contributed by atoms with Gasteiger partial charge in [-0.2, -0.15) is 13.2 Å². The molecule has 0 saturated carbocycles. The Morgan fingerprint density at radius 1 is 1.04 bits per heavy atom. The summed E-state index contributed by atoms with van der Waals surface area (Å²) < 4.78 is 67.2. The standard InChI is InChI=1S/C16H15ClF3NO3S/c17-12-6-8-13(9-7-12)25(23,24)21-14(10-22)15(16(18,19)20)11-4-2-1-3-5-11/h1-9,14-15,21-22H,10H2/t14-,15-/m1/s1. The van der Waals surface area contributed by atoms with E-state index in [-0.39, 0.29) is 15.5 Å². The van der Waals surface area contributed by atoms with Crippen LogP contribution in [-0.4, -0.2) is 32.3 Å². The molecule has 0 amide bonds. The number of halogens is 4. The minimum absolute atomic E-state index is 0.146. The molecule has 0 unspecified atom stereocenters. The van der Waals surface area contributed by atoms with Gasteiger partial charge in [-0.25, -0.2) is 13.1 Å². The van der Waals surface area contributed by atoms with Crippen LogP contribution >= 0.6 is 11.6 Å². The Bertz CT molecular complexity index is 796. The van der Waals surface area contributed by atoms with Gasteiger partial charge in [0.2, 0.25) is 10.0 Å². The maximum absolute atomic E-state index is 13.5. The van der Waals surface area contributed by atoms with Gasteiger partial charge >= 0.3 is 6.18 Å². The maximum Gasteiger partial charge on any atom is 0.397 e. The molecule has 0 bridgehead atoms. The van der Waals surface area contributed by atoms with Gasteiger partial charge in [0.25, 0.3) is 0 Å². The molecule has 0 spiro atoms. The molecule has 2 rings (SSSR count). The van der Waals surface area contributed by atoms with Crippen LogP contribution in [0, 0.1) is 0 Å². The van der Waals surface area contributed by atoms with E-state index in [0.717, 1.165) is 0 Å². The van der Waals surface area contributed by atoms with E-state index >= 15 is 0 Å². The largest absolute Gasteiger partial charge is 0.397 e. The first-order chi connectivity index (χ1) is 11.6. The van der Waals surface area contributed by atoms with E-state index in [1.165, 1.54) is 48.5 Å². The molecule has 136 valence electrons. The van der Waals surface area contributed by atoms with Gasteiger partial charge < -0.3 is 5.11 Å². The summed E-state index contributed by atoms with van der Waals surface area (Å²) in [5.41, 5.74) is -0.146. The monoisotopic (exact) mass is 393 g/mol. The van der Waals surface area contributed by atoms with E-state index in [4.69, 9.17) is 11.6 Å². The van der Waals surface area contributed by atoms with Crippen LogP contribution in [0.25, 0.3) is 0 Å². The van der Waals surface area contributed by atoms with Crippen LogP contribution < -0.4 is 4.72 Å².